The Hall–Kier alpha value is -1.75. The molecule has 0 radical (unpaired) electrons. The molecule has 1 aromatic heterocycles. The Morgan fingerprint density at radius 2 is 1.82 bits per heavy atom. The molecule has 0 aliphatic rings. The van der Waals surface area contributed by atoms with Gasteiger partial charge in [0.25, 0.3) is 0 Å². The molecular formula is C18H25BrN4O4S. The number of rotatable bonds is 8. The lowest BCUT2D eigenvalue weighted by atomic mass is 10.1. The Morgan fingerprint density at radius 3 is 2.29 bits per heavy atom. The third kappa shape index (κ3) is 5.40. The summed E-state index contributed by atoms with van der Waals surface area (Å²) in [6, 6.07) is 3.45. The Kier molecular flexibility index (Phi) is 7.38. The Morgan fingerprint density at radius 1 is 1.25 bits per heavy atom. The molecule has 28 heavy (non-hydrogen) atoms. The summed E-state index contributed by atoms with van der Waals surface area (Å²) in [5.74, 6) is 0.571. The number of hydrogen-bond donors (Lipinski definition) is 3. The van der Waals surface area contributed by atoms with E-state index in [9.17, 15) is 13.5 Å². The second-order valence-corrected chi connectivity index (χ2v) is 8.76. The van der Waals surface area contributed by atoms with Crippen LogP contribution in [0.1, 0.15) is 38.8 Å². The first-order chi connectivity index (χ1) is 13.1. The highest BCUT2D eigenvalue weighted by Gasteiger charge is 2.19. The molecule has 2 atom stereocenters. The van der Waals surface area contributed by atoms with E-state index in [1.165, 1.54) is 0 Å². The van der Waals surface area contributed by atoms with Gasteiger partial charge >= 0.3 is 0 Å². The van der Waals surface area contributed by atoms with E-state index in [-0.39, 0.29) is 10.8 Å². The number of ether oxygens (including phenoxy) is 1. The van der Waals surface area contributed by atoms with Gasteiger partial charge in [-0.2, -0.15) is 4.98 Å². The standard InChI is InChI=1S/C18H25BrN4O4S/c1-5-12-7-14(8-13(6-2)16(12)28(20,25)26)22-18-21-9-15(19)17(23-18)27-11(4)10(3)24/h7-11,24H,5-6H2,1-4H3,(H2,20,25,26)(H,21,22,23)/t10-,11-/m1/s1. The third-order valence-electron chi connectivity index (χ3n) is 4.23. The lowest BCUT2D eigenvalue weighted by molar-refractivity contribution is 0.0569. The van der Waals surface area contributed by atoms with Gasteiger partial charge in [0.05, 0.1) is 21.7 Å². The number of primary sulfonamides is 1. The van der Waals surface area contributed by atoms with Crippen molar-refractivity contribution in [2.75, 3.05) is 5.32 Å². The van der Waals surface area contributed by atoms with Gasteiger partial charge in [0.2, 0.25) is 21.9 Å². The zero-order valence-electron chi connectivity index (χ0n) is 16.2. The van der Waals surface area contributed by atoms with E-state index in [2.05, 4.69) is 31.2 Å². The highest BCUT2D eigenvalue weighted by atomic mass is 79.9. The maximum absolute atomic E-state index is 12.0. The van der Waals surface area contributed by atoms with Gasteiger partial charge in [0.1, 0.15) is 6.10 Å². The number of aromatic nitrogens is 2. The molecule has 0 aliphatic heterocycles. The van der Waals surface area contributed by atoms with E-state index in [0.717, 1.165) is 0 Å². The number of aliphatic hydroxyl groups excluding tert-OH is 1. The van der Waals surface area contributed by atoms with Crippen LogP contribution in [0.25, 0.3) is 0 Å². The van der Waals surface area contributed by atoms with E-state index in [4.69, 9.17) is 9.88 Å². The van der Waals surface area contributed by atoms with Crippen molar-refractivity contribution in [3.05, 3.63) is 33.9 Å². The van der Waals surface area contributed by atoms with Crippen LogP contribution in [0.3, 0.4) is 0 Å². The van der Waals surface area contributed by atoms with E-state index < -0.39 is 22.2 Å². The predicted molar refractivity (Wildman–Crippen MR) is 111 cm³/mol. The van der Waals surface area contributed by atoms with E-state index >= 15 is 0 Å². The maximum atomic E-state index is 12.0. The lowest BCUT2D eigenvalue weighted by Gasteiger charge is -2.18. The number of sulfonamides is 1. The molecule has 0 saturated heterocycles. The van der Waals surface area contributed by atoms with Crippen molar-refractivity contribution in [2.24, 2.45) is 5.14 Å². The molecule has 2 rings (SSSR count). The fraction of sp³-hybridized carbons (Fsp3) is 0.444. The molecule has 0 unspecified atom stereocenters. The predicted octanol–water partition coefficient (Wildman–Crippen LogP) is 2.90. The topological polar surface area (TPSA) is 127 Å². The third-order valence-corrected chi connectivity index (χ3v) is 5.87. The highest BCUT2D eigenvalue weighted by Crippen LogP contribution is 2.29. The van der Waals surface area contributed by atoms with Crippen molar-refractivity contribution < 1.29 is 18.3 Å². The summed E-state index contributed by atoms with van der Waals surface area (Å²) >= 11 is 3.33. The van der Waals surface area contributed by atoms with Crippen LogP contribution < -0.4 is 15.2 Å². The molecule has 0 fully saturated rings. The second-order valence-electron chi connectivity index (χ2n) is 6.41. The van der Waals surface area contributed by atoms with Gasteiger partial charge in [-0.25, -0.2) is 18.5 Å². The van der Waals surface area contributed by atoms with Gasteiger partial charge in [-0.05, 0) is 65.9 Å². The largest absolute Gasteiger partial charge is 0.471 e. The fourth-order valence-electron chi connectivity index (χ4n) is 2.62. The molecule has 1 aromatic carbocycles. The molecule has 0 bridgehead atoms. The van der Waals surface area contributed by atoms with Crippen molar-refractivity contribution in [3.8, 4) is 5.88 Å². The summed E-state index contributed by atoms with van der Waals surface area (Å²) in [4.78, 5) is 8.72. The van der Waals surface area contributed by atoms with Crippen LogP contribution in [0, 0.1) is 0 Å². The molecule has 0 amide bonds. The van der Waals surface area contributed by atoms with Crippen LogP contribution in [0.15, 0.2) is 27.7 Å². The summed E-state index contributed by atoms with van der Waals surface area (Å²) in [6.07, 6.45) is 1.44. The minimum atomic E-state index is -3.82. The van der Waals surface area contributed by atoms with Crippen LogP contribution in [0.4, 0.5) is 11.6 Å². The quantitative estimate of drug-likeness (QED) is 0.538. The highest BCUT2D eigenvalue weighted by molar-refractivity contribution is 9.10. The molecule has 154 valence electrons. The molecule has 4 N–H and O–H groups in total. The van der Waals surface area contributed by atoms with E-state index in [1.807, 2.05) is 13.8 Å². The Bertz CT molecular complexity index is 926. The zero-order chi connectivity index (χ0) is 21.1. The van der Waals surface area contributed by atoms with Crippen LogP contribution >= 0.6 is 15.9 Å². The Balaban J connectivity index is 2.41. The van der Waals surface area contributed by atoms with E-state index in [1.54, 1.807) is 32.2 Å². The lowest BCUT2D eigenvalue weighted by Crippen LogP contribution is -2.26. The first-order valence-corrected chi connectivity index (χ1v) is 11.2. The number of halogens is 1. The fourth-order valence-corrected chi connectivity index (χ4v) is 4.04. The average molecular weight is 473 g/mol. The van der Waals surface area contributed by atoms with Crippen molar-refractivity contribution in [3.63, 3.8) is 0 Å². The van der Waals surface area contributed by atoms with Gasteiger partial charge in [0, 0.05) is 5.69 Å². The maximum Gasteiger partial charge on any atom is 0.238 e. The van der Waals surface area contributed by atoms with Gasteiger partial charge in [-0.15, -0.1) is 0 Å². The molecule has 0 spiro atoms. The van der Waals surface area contributed by atoms with Gasteiger partial charge in [-0.1, -0.05) is 13.8 Å². The summed E-state index contributed by atoms with van der Waals surface area (Å²) in [5, 5.41) is 18.1. The number of hydrogen-bond acceptors (Lipinski definition) is 7. The molecule has 2 aromatic rings. The number of aliphatic hydroxyl groups is 1. The van der Waals surface area contributed by atoms with Crippen molar-refractivity contribution in [1.29, 1.82) is 0 Å². The molecule has 0 aliphatic carbocycles. The smallest absolute Gasteiger partial charge is 0.238 e. The minimum Gasteiger partial charge on any atom is -0.471 e. The Labute approximate surface area is 173 Å². The van der Waals surface area contributed by atoms with Crippen molar-refractivity contribution >= 4 is 37.6 Å². The number of nitrogens with zero attached hydrogens (tertiary/aromatic N) is 2. The summed E-state index contributed by atoms with van der Waals surface area (Å²) in [6.45, 7) is 7.10. The van der Waals surface area contributed by atoms with Gasteiger partial charge < -0.3 is 15.2 Å². The number of aryl methyl sites for hydroxylation is 2. The minimum absolute atomic E-state index is 0.176. The van der Waals surface area contributed by atoms with Crippen LogP contribution in [0.5, 0.6) is 5.88 Å². The number of anilines is 2. The summed E-state index contributed by atoms with van der Waals surface area (Å²) in [7, 11) is -3.82. The van der Waals surface area contributed by atoms with Crippen molar-refractivity contribution in [1.82, 2.24) is 9.97 Å². The molecule has 1 heterocycles. The van der Waals surface area contributed by atoms with Gasteiger partial charge in [-0.3, -0.25) is 0 Å². The number of nitrogens with one attached hydrogen (secondary N) is 1. The van der Waals surface area contributed by atoms with Gasteiger partial charge in [0.15, 0.2) is 0 Å². The summed E-state index contributed by atoms with van der Waals surface area (Å²) in [5.41, 5.74) is 1.90. The second kappa shape index (κ2) is 9.17. The van der Waals surface area contributed by atoms with Crippen molar-refractivity contribution in [2.45, 2.75) is 57.6 Å². The van der Waals surface area contributed by atoms with Crippen LogP contribution in [-0.2, 0) is 22.9 Å². The zero-order valence-corrected chi connectivity index (χ0v) is 18.6. The first-order valence-electron chi connectivity index (χ1n) is 8.89. The van der Waals surface area contributed by atoms with E-state index in [0.29, 0.717) is 40.0 Å². The molecule has 0 saturated carbocycles. The molecule has 8 nitrogen and oxygen atoms in total. The number of benzene rings is 1. The van der Waals surface area contributed by atoms with Crippen LogP contribution in [-0.4, -0.2) is 35.7 Å². The SMILES string of the molecule is CCc1cc(Nc2ncc(Br)c(O[C@H](C)[C@@H](C)O)n2)cc(CC)c1S(N)(=O)=O. The first kappa shape index (κ1) is 22.5. The molecule has 10 heteroatoms. The van der Waals surface area contributed by atoms with Crippen LogP contribution in [0.2, 0.25) is 0 Å². The summed E-state index contributed by atoms with van der Waals surface area (Å²) < 4.78 is 30.2. The monoisotopic (exact) mass is 472 g/mol. The normalized spacial score (nSPS) is 13.8. The average Bonchev–Trinajstić information content (AvgIpc) is 2.62. The number of nitrogens with two attached hydrogens (primary N) is 1. The molecular weight excluding hydrogens is 448 g/mol.